The lowest BCUT2D eigenvalue weighted by Gasteiger charge is -2.25. The summed E-state index contributed by atoms with van der Waals surface area (Å²) < 4.78 is 31.9. The normalized spacial score (nSPS) is 15.6. The molecule has 1 aliphatic heterocycles. The predicted octanol–water partition coefficient (Wildman–Crippen LogP) is 2.39. The van der Waals surface area contributed by atoms with Crippen LogP contribution < -0.4 is 10.6 Å². The number of sulfonamides is 1. The highest BCUT2D eigenvalue weighted by atomic mass is 32.2. The average Bonchev–Trinajstić information content (AvgIpc) is 2.66. The fourth-order valence-corrected chi connectivity index (χ4v) is 4.43. The van der Waals surface area contributed by atoms with Crippen LogP contribution in [0.5, 0.6) is 0 Å². The molecule has 9 heteroatoms. The van der Waals surface area contributed by atoms with Crippen molar-refractivity contribution in [1.82, 2.24) is 14.9 Å². The van der Waals surface area contributed by atoms with Crippen LogP contribution in [0.2, 0.25) is 0 Å². The van der Waals surface area contributed by atoms with E-state index in [-0.39, 0.29) is 30.3 Å². The quantitative estimate of drug-likeness (QED) is 0.698. The Morgan fingerprint density at radius 2 is 1.66 bits per heavy atom. The smallest absolute Gasteiger partial charge is 0.407 e. The summed E-state index contributed by atoms with van der Waals surface area (Å²) in [5, 5.41) is 5.28. The number of nitrogens with zero attached hydrogens (tertiary/aromatic N) is 1. The van der Waals surface area contributed by atoms with Crippen molar-refractivity contribution in [2.24, 2.45) is 0 Å². The fraction of sp³-hybridized carbons (Fsp3) is 0.600. The molecular weight excluding hydrogens is 394 g/mol. The van der Waals surface area contributed by atoms with Crippen LogP contribution in [0.4, 0.5) is 4.79 Å². The third-order valence-electron chi connectivity index (χ3n) is 4.39. The van der Waals surface area contributed by atoms with Gasteiger partial charge in [-0.1, -0.05) is 18.6 Å². The highest BCUT2D eigenvalue weighted by Gasteiger charge is 2.25. The number of hydrogen-bond acceptors (Lipinski definition) is 5. The van der Waals surface area contributed by atoms with Crippen LogP contribution in [0.25, 0.3) is 0 Å². The maximum Gasteiger partial charge on any atom is 0.407 e. The molecule has 0 atom stereocenters. The van der Waals surface area contributed by atoms with E-state index in [0.717, 1.165) is 24.8 Å². The molecule has 0 bridgehead atoms. The Labute approximate surface area is 173 Å². The third kappa shape index (κ3) is 7.66. The average molecular weight is 426 g/mol. The van der Waals surface area contributed by atoms with E-state index in [4.69, 9.17) is 4.74 Å². The van der Waals surface area contributed by atoms with E-state index in [2.05, 4.69) is 10.6 Å². The zero-order valence-electron chi connectivity index (χ0n) is 17.4. The topological polar surface area (TPSA) is 105 Å². The number of ether oxygens (including phenoxy) is 1. The number of carbonyl (C=O) groups excluding carboxylic acids is 2. The minimum atomic E-state index is -3.45. The number of nitrogens with one attached hydrogen (secondary N) is 2. The highest BCUT2D eigenvalue weighted by Crippen LogP contribution is 2.20. The van der Waals surface area contributed by atoms with Crippen LogP contribution >= 0.6 is 0 Å². The molecule has 2 N–H and O–H groups in total. The molecule has 1 aliphatic rings. The largest absolute Gasteiger partial charge is 0.444 e. The lowest BCUT2D eigenvalue weighted by atomic mass is 10.2. The number of benzene rings is 1. The second kappa shape index (κ2) is 10.1. The summed E-state index contributed by atoms with van der Waals surface area (Å²) in [4.78, 5) is 23.7. The highest BCUT2D eigenvalue weighted by molar-refractivity contribution is 7.89. The molecule has 1 aromatic rings. The number of alkyl carbamates (subject to hydrolysis) is 1. The molecule has 0 aromatic heterocycles. The van der Waals surface area contributed by atoms with Crippen LogP contribution in [0.1, 0.15) is 52.0 Å². The van der Waals surface area contributed by atoms with Crippen LogP contribution in [-0.4, -0.2) is 50.0 Å². The molecule has 1 heterocycles. The van der Waals surface area contributed by atoms with Crippen molar-refractivity contribution in [3.8, 4) is 0 Å². The number of carbonyl (C=O) groups is 2. The molecule has 0 unspecified atom stereocenters. The molecule has 0 radical (unpaired) electrons. The maximum atomic E-state index is 12.6. The second-order valence-electron chi connectivity index (χ2n) is 8.06. The summed E-state index contributed by atoms with van der Waals surface area (Å²) >= 11 is 0. The van der Waals surface area contributed by atoms with Gasteiger partial charge in [-0.3, -0.25) is 4.79 Å². The van der Waals surface area contributed by atoms with Crippen molar-refractivity contribution < 1.29 is 22.7 Å². The molecule has 29 heavy (non-hydrogen) atoms. The van der Waals surface area contributed by atoms with Gasteiger partial charge < -0.3 is 15.4 Å². The fourth-order valence-electron chi connectivity index (χ4n) is 2.91. The molecule has 0 aliphatic carbocycles. The molecular formula is C20H31N3O5S. The number of rotatable bonds is 7. The van der Waals surface area contributed by atoms with Gasteiger partial charge in [-0.05, 0) is 51.3 Å². The van der Waals surface area contributed by atoms with Crippen LogP contribution in [0.3, 0.4) is 0 Å². The van der Waals surface area contributed by atoms with Gasteiger partial charge in [0.15, 0.2) is 0 Å². The van der Waals surface area contributed by atoms with Crippen molar-refractivity contribution in [1.29, 1.82) is 0 Å². The van der Waals surface area contributed by atoms with Gasteiger partial charge in [0.25, 0.3) is 0 Å². The molecule has 1 fully saturated rings. The number of amides is 2. The van der Waals surface area contributed by atoms with E-state index < -0.39 is 21.7 Å². The van der Waals surface area contributed by atoms with Crippen LogP contribution in [0.15, 0.2) is 29.2 Å². The molecule has 8 nitrogen and oxygen atoms in total. The molecule has 1 aromatic carbocycles. The van der Waals surface area contributed by atoms with Crippen molar-refractivity contribution >= 4 is 22.0 Å². The molecule has 2 amide bonds. The predicted molar refractivity (Wildman–Crippen MR) is 110 cm³/mol. The van der Waals surface area contributed by atoms with E-state index in [0.29, 0.717) is 13.1 Å². The first-order valence-corrected chi connectivity index (χ1v) is 11.3. The summed E-state index contributed by atoms with van der Waals surface area (Å²) in [6.45, 7) is 6.89. The second-order valence-corrected chi connectivity index (χ2v) is 10.0. The Balaban J connectivity index is 1.77. The van der Waals surface area contributed by atoms with E-state index in [1.54, 1.807) is 45.0 Å². The Hall–Kier alpha value is -2.13. The Bertz CT molecular complexity index is 794. The maximum absolute atomic E-state index is 12.6. The minimum Gasteiger partial charge on any atom is -0.444 e. The standard InChI is InChI=1S/C20H31N3O5S/c1-20(2,3)28-19(25)21-12-11-18(24)22-15-16-7-9-17(10-8-16)29(26,27)23-13-5-4-6-14-23/h7-10H,4-6,11-15H2,1-3H3,(H,21,25)(H,22,24). The zero-order chi connectivity index (χ0) is 21.5. The van der Waals surface area contributed by atoms with Gasteiger partial charge in [0.05, 0.1) is 4.90 Å². The SMILES string of the molecule is CC(C)(C)OC(=O)NCCC(=O)NCc1ccc(S(=O)(=O)N2CCCCC2)cc1. The summed E-state index contributed by atoms with van der Waals surface area (Å²) in [5.41, 5.74) is 0.219. The van der Waals surface area contributed by atoms with Gasteiger partial charge in [-0.25, -0.2) is 13.2 Å². The van der Waals surface area contributed by atoms with Gasteiger partial charge in [-0.2, -0.15) is 4.31 Å². The Morgan fingerprint density at radius 3 is 2.24 bits per heavy atom. The Morgan fingerprint density at radius 1 is 1.03 bits per heavy atom. The first-order chi connectivity index (χ1) is 13.6. The lowest BCUT2D eigenvalue weighted by Crippen LogP contribution is -2.35. The van der Waals surface area contributed by atoms with Gasteiger partial charge >= 0.3 is 6.09 Å². The summed E-state index contributed by atoms with van der Waals surface area (Å²) in [6, 6.07) is 6.57. The summed E-state index contributed by atoms with van der Waals surface area (Å²) in [7, 11) is -3.45. The first-order valence-electron chi connectivity index (χ1n) is 9.90. The van der Waals surface area contributed by atoms with Gasteiger partial charge in [0.1, 0.15) is 5.60 Å². The zero-order valence-corrected chi connectivity index (χ0v) is 18.2. The van der Waals surface area contributed by atoms with Crippen molar-refractivity contribution in [2.75, 3.05) is 19.6 Å². The monoisotopic (exact) mass is 425 g/mol. The summed E-state index contributed by atoms with van der Waals surface area (Å²) in [5.74, 6) is -0.217. The molecule has 1 saturated heterocycles. The summed E-state index contributed by atoms with van der Waals surface area (Å²) in [6.07, 6.45) is 2.42. The van der Waals surface area contributed by atoms with E-state index >= 15 is 0 Å². The van der Waals surface area contributed by atoms with E-state index in [9.17, 15) is 18.0 Å². The van der Waals surface area contributed by atoms with E-state index in [1.165, 1.54) is 4.31 Å². The third-order valence-corrected chi connectivity index (χ3v) is 6.30. The molecule has 2 rings (SSSR count). The van der Waals surface area contributed by atoms with Gasteiger partial charge in [0, 0.05) is 32.6 Å². The van der Waals surface area contributed by atoms with Crippen molar-refractivity contribution in [3.05, 3.63) is 29.8 Å². The number of hydrogen-bond donors (Lipinski definition) is 2. The van der Waals surface area contributed by atoms with Crippen LogP contribution in [-0.2, 0) is 26.1 Å². The minimum absolute atomic E-state index is 0.126. The van der Waals surface area contributed by atoms with E-state index in [1.807, 2.05) is 0 Å². The van der Waals surface area contributed by atoms with Gasteiger partial charge in [0.2, 0.25) is 15.9 Å². The van der Waals surface area contributed by atoms with Crippen molar-refractivity contribution in [2.45, 2.75) is 63.5 Å². The molecule has 0 saturated carbocycles. The van der Waals surface area contributed by atoms with Crippen LogP contribution in [0, 0.1) is 0 Å². The molecule has 0 spiro atoms. The molecule has 162 valence electrons. The lowest BCUT2D eigenvalue weighted by molar-refractivity contribution is -0.121. The first kappa shape index (κ1) is 23.2. The van der Waals surface area contributed by atoms with Gasteiger partial charge in [-0.15, -0.1) is 0 Å². The van der Waals surface area contributed by atoms with Crippen molar-refractivity contribution in [3.63, 3.8) is 0 Å². The Kier molecular flexibility index (Phi) is 8.04. The number of piperidine rings is 1.